The summed E-state index contributed by atoms with van der Waals surface area (Å²) in [7, 11) is 2.51. The van der Waals surface area contributed by atoms with Crippen molar-refractivity contribution in [1.82, 2.24) is 15.2 Å². The van der Waals surface area contributed by atoms with Gasteiger partial charge in [0.25, 0.3) is 0 Å². The number of nitrogens with one attached hydrogen (secondary N) is 2. The lowest BCUT2D eigenvalue weighted by Crippen LogP contribution is -2.39. The molecule has 5 nitrogen and oxygen atoms in total. The van der Waals surface area contributed by atoms with Crippen molar-refractivity contribution in [2.24, 2.45) is 12.0 Å². The van der Waals surface area contributed by atoms with E-state index in [1.54, 1.807) is 7.05 Å². The summed E-state index contributed by atoms with van der Waals surface area (Å²) < 4.78 is 14.0. The van der Waals surface area contributed by atoms with Gasteiger partial charge in [-0.05, 0) is 18.2 Å². The van der Waals surface area contributed by atoms with Crippen molar-refractivity contribution in [3.8, 4) is 0 Å². The number of halogens is 3. The Kier molecular flexibility index (Phi) is 9.84. The van der Waals surface area contributed by atoms with E-state index in [2.05, 4.69) is 15.6 Å². The van der Waals surface area contributed by atoms with Crippen LogP contribution in [0.4, 0.5) is 0 Å². The molecule has 0 bridgehead atoms. The maximum absolute atomic E-state index is 12.2. The second-order valence-corrected chi connectivity index (χ2v) is 7.38. The minimum absolute atomic E-state index is 0. The number of rotatable bonds is 6. The summed E-state index contributed by atoms with van der Waals surface area (Å²) in [6.07, 6.45) is 0. The molecule has 9 heteroatoms. The Morgan fingerprint density at radius 1 is 1.24 bits per heavy atom. The minimum Gasteiger partial charge on any atom is -0.355 e. The molecule has 1 aromatic heterocycles. The van der Waals surface area contributed by atoms with Crippen LogP contribution in [0.5, 0.6) is 0 Å². The zero-order chi connectivity index (χ0) is 17.5. The number of guanidine groups is 1. The van der Waals surface area contributed by atoms with Gasteiger partial charge in [0.05, 0.1) is 22.4 Å². The maximum Gasteiger partial charge on any atom is 0.191 e. The van der Waals surface area contributed by atoms with Crippen molar-refractivity contribution < 1.29 is 4.21 Å². The predicted octanol–water partition coefficient (Wildman–Crippen LogP) is 3.42. The van der Waals surface area contributed by atoms with Crippen molar-refractivity contribution in [2.75, 3.05) is 19.3 Å². The fraction of sp³-hybridized carbons (Fsp3) is 0.312. The van der Waals surface area contributed by atoms with Gasteiger partial charge in [-0.1, -0.05) is 41.4 Å². The molecule has 0 aliphatic rings. The highest BCUT2D eigenvalue weighted by Gasteiger charge is 2.09. The van der Waals surface area contributed by atoms with Crippen molar-refractivity contribution in [1.29, 1.82) is 0 Å². The van der Waals surface area contributed by atoms with Crippen LogP contribution < -0.4 is 10.6 Å². The van der Waals surface area contributed by atoms with Crippen LogP contribution >= 0.6 is 47.2 Å². The lowest BCUT2D eigenvalue weighted by molar-refractivity contribution is 0.681. The lowest BCUT2D eigenvalue weighted by atomic mass is 10.4. The number of nitrogens with zero attached hydrogens (tertiary/aromatic N) is 2. The van der Waals surface area contributed by atoms with E-state index in [4.69, 9.17) is 23.2 Å². The summed E-state index contributed by atoms with van der Waals surface area (Å²) in [5, 5.41) is 7.37. The third-order valence-electron chi connectivity index (χ3n) is 3.46. The van der Waals surface area contributed by atoms with Gasteiger partial charge in [0.2, 0.25) is 0 Å². The zero-order valence-corrected chi connectivity index (χ0v) is 18.6. The number of aliphatic imine (C=N–C) groups is 1. The first kappa shape index (κ1) is 22.3. The Morgan fingerprint density at radius 2 is 1.92 bits per heavy atom. The van der Waals surface area contributed by atoms with Crippen LogP contribution in [-0.4, -0.2) is 34.1 Å². The molecule has 1 heterocycles. The van der Waals surface area contributed by atoms with E-state index in [1.165, 1.54) is 0 Å². The third-order valence-corrected chi connectivity index (χ3v) is 5.68. The number of aromatic nitrogens is 1. The van der Waals surface area contributed by atoms with Crippen molar-refractivity contribution in [3.63, 3.8) is 0 Å². The number of benzene rings is 1. The van der Waals surface area contributed by atoms with Gasteiger partial charge in [-0.15, -0.1) is 24.0 Å². The van der Waals surface area contributed by atoms with E-state index in [0.29, 0.717) is 35.0 Å². The summed E-state index contributed by atoms with van der Waals surface area (Å²) in [6.45, 7) is 1.08. The van der Waals surface area contributed by atoms with Crippen LogP contribution in [0.25, 0.3) is 0 Å². The van der Waals surface area contributed by atoms with Crippen LogP contribution in [0.15, 0.2) is 46.3 Å². The van der Waals surface area contributed by atoms with E-state index in [-0.39, 0.29) is 24.0 Å². The van der Waals surface area contributed by atoms with Crippen LogP contribution in [0, 0.1) is 0 Å². The lowest BCUT2D eigenvalue weighted by Gasteiger charge is -2.12. The van der Waals surface area contributed by atoms with Crippen LogP contribution in [0.3, 0.4) is 0 Å². The predicted molar refractivity (Wildman–Crippen MR) is 117 cm³/mol. The van der Waals surface area contributed by atoms with E-state index >= 15 is 0 Å². The Bertz CT molecular complexity index is 737. The molecule has 1 atom stereocenters. The van der Waals surface area contributed by atoms with Gasteiger partial charge in [0.1, 0.15) is 5.15 Å². The topological polar surface area (TPSA) is 58.4 Å². The Morgan fingerprint density at radius 3 is 2.48 bits per heavy atom. The van der Waals surface area contributed by atoms with Crippen LogP contribution in [0.2, 0.25) is 10.2 Å². The third kappa shape index (κ3) is 6.47. The summed E-state index contributed by atoms with van der Waals surface area (Å²) in [5.41, 5.74) is 0.945. The first-order valence-corrected chi connectivity index (χ1v) is 9.48. The second-order valence-electron chi connectivity index (χ2n) is 5.05. The molecule has 0 spiro atoms. The van der Waals surface area contributed by atoms with Crippen molar-refractivity contribution in [2.45, 2.75) is 11.4 Å². The number of hydrogen-bond donors (Lipinski definition) is 2. The minimum atomic E-state index is -1.03. The monoisotopic (exact) mass is 514 g/mol. The maximum atomic E-state index is 12.2. The second kappa shape index (κ2) is 11.1. The fourth-order valence-corrected chi connectivity index (χ4v) is 3.51. The van der Waals surface area contributed by atoms with E-state index in [9.17, 15) is 4.21 Å². The average molecular weight is 515 g/mol. The molecule has 0 aliphatic heterocycles. The van der Waals surface area contributed by atoms with Gasteiger partial charge < -0.3 is 15.2 Å². The summed E-state index contributed by atoms with van der Waals surface area (Å²) in [5.74, 6) is 1.14. The first-order valence-electron chi connectivity index (χ1n) is 7.40. The molecule has 0 radical (unpaired) electrons. The van der Waals surface area contributed by atoms with E-state index in [1.807, 2.05) is 48.0 Å². The molecule has 138 valence electrons. The smallest absolute Gasteiger partial charge is 0.191 e. The quantitative estimate of drug-likeness (QED) is 0.353. The van der Waals surface area contributed by atoms with Gasteiger partial charge in [0, 0.05) is 37.0 Å². The molecule has 0 amide bonds. The largest absolute Gasteiger partial charge is 0.355 e. The first-order chi connectivity index (χ1) is 11.5. The van der Waals surface area contributed by atoms with Gasteiger partial charge in [-0.25, -0.2) is 0 Å². The summed E-state index contributed by atoms with van der Waals surface area (Å²) >= 11 is 12.0. The Hall–Kier alpha value is -0.770. The molecule has 0 aliphatic carbocycles. The molecule has 2 aromatic rings. The molecule has 0 saturated carbocycles. The van der Waals surface area contributed by atoms with Gasteiger partial charge in [0.15, 0.2) is 5.96 Å². The van der Waals surface area contributed by atoms with Crippen LogP contribution in [0.1, 0.15) is 5.69 Å². The standard InChI is InChI=1S/C16H20Cl2N4OS.HI/c1-19-16(21-11-12-10-14(17)15(18)22(12)2)20-8-9-24(23)13-6-4-3-5-7-13;/h3-7,10H,8-9,11H2,1-2H3,(H2,19,20,21);1H. The van der Waals surface area contributed by atoms with Crippen molar-refractivity contribution in [3.05, 3.63) is 52.3 Å². The molecule has 1 aromatic carbocycles. The van der Waals surface area contributed by atoms with Crippen LogP contribution in [-0.2, 0) is 24.4 Å². The molecular weight excluding hydrogens is 494 g/mol. The Balaban J connectivity index is 0.00000312. The van der Waals surface area contributed by atoms with Gasteiger partial charge in [-0.3, -0.25) is 9.20 Å². The fourth-order valence-electron chi connectivity index (χ4n) is 2.11. The molecule has 2 N–H and O–H groups in total. The molecular formula is C16H21Cl2IN4OS. The SMILES string of the molecule is CN=C(NCCS(=O)c1ccccc1)NCc1cc(Cl)c(Cl)n1C.I. The normalized spacial score (nSPS) is 12.4. The Labute approximate surface area is 177 Å². The summed E-state index contributed by atoms with van der Waals surface area (Å²) in [6, 6.07) is 11.2. The van der Waals surface area contributed by atoms with E-state index < -0.39 is 10.8 Å². The van der Waals surface area contributed by atoms with Crippen molar-refractivity contribution >= 4 is 63.9 Å². The van der Waals surface area contributed by atoms with Gasteiger partial charge in [-0.2, -0.15) is 0 Å². The highest BCUT2D eigenvalue weighted by molar-refractivity contribution is 14.0. The highest BCUT2D eigenvalue weighted by atomic mass is 127. The molecule has 0 fully saturated rings. The number of hydrogen-bond acceptors (Lipinski definition) is 2. The van der Waals surface area contributed by atoms with E-state index in [0.717, 1.165) is 10.6 Å². The highest BCUT2D eigenvalue weighted by Crippen LogP contribution is 2.24. The molecule has 0 saturated heterocycles. The molecule has 1 unspecified atom stereocenters. The zero-order valence-electron chi connectivity index (χ0n) is 14.0. The average Bonchev–Trinajstić information content (AvgIpc) is 2.85. The molecule has 25 heavy (non-hydrogen) atoms. The summed E-state index contributed by atoms with van der Waals surface area (Å²) in [4.78, 5) is 4.98. The van der Waals surface area contributed by atoms with Gasteiger partial charge >= 0.3 is 0 Å². The molecule has 2 rings (SSSR count).